The van der Waals surface area contributed by atoms with Crippen LogP contribution in [0.4, 0.5) is 6.01 Å². The van der Waals surface area contributed by atoms with Crippen molar-refractivity contribution in [1.82, 2.24) is 10.2 Å². The molecular formula is C19H17N3O6S. The van der Waals surface area contributed by atoms with Gasteiger partial charge in [0, 0.05) is 6.26 Å². The molecule has 0 saturated heterocycles. The van der Waals surface area contributed by atoms with Crippen LogP contribution in [0, 0.1) is 0 Å². The van der Waals surface area contributed by atoms with E-state index < -0.39 is 9.84 Å². The molecule has 9 nitrogen and oxygen atoms in total. The van der Waals surface area contributed by atoms with E-state index in [1.807, 2.05) is 18.2 Å². The van der Waals surface area contributed by atoms with Crippen LogP contribution in [0.25, 0.3) is 0 Å². The number of nitrogens with zero attached hydrogens (tertiary/aromatic N) is 2. The molecular weight excluding hydrogens is 398 g/mol. The van der Waals surface area contributed by atoms with Crippen LogP contribution in [0.15, 0.2) is 51.8 Å². The maximum Gasteiger partial charge on any atom is 0.322 e. The van der Waals surface area contributed by atoms with Gasteiger partial charge in [0.05, 0.1) is 17.7 Å². The molecule has 10 heteroatoms. The normalized spacial score (nSPS) is 12.7. The fraction of sp³-hybridized carbons (Fsp3) is 0.211. The highest BCUT2D eigenvalue weighted by Gasteiger charge is 2.16. The molecule has 1 aromatic heterocycles. The molecule has 0 bridgehead atoms. The Labute approximate surface area is 166 Å². The van der Waals surface area contributed by atoms with Crippen molar-refractivity contribution >= 4 is 21.8 Å². The Balaban J connectivity index is 1.35. The minimum atomic E-state index is -3.27. The Hall–Kier alpha value is -3.40. The largest absolute Gasteiger partial charge is 0.454 e. The van der Waals surface area contributed by atoms with Gasteiger partial charge in [-0.3, -0.25) is 10.1 Å². The second-order valence-corrected chi connectivity index (χ2v) is 8.52. The van der Waals surface area contributed by atoms with Crippen molar-refractivity contribution in [3.63, 3.8) is 0 Å². The Kier molecular flexibility index (Phi) is 4.93. The van der Waals surface area contributed by atoms with Gasteiger partial charge < -0.3 is 13.9 Å². The van der Waals surface area contributed by atoms with Gasteiger partial charge in [-0.2, -0.15) is 0 Å². The third-order valence-corrected chi connectivity index (χ3v) is 5.35. The topological polar surface area (TPSA) is 121 Å². The molecule has 1 N–H and O–H groups in total. The fourth-order valence-electron chi connectivity index (χ4n) is 2.80. The third-order valence-electron chi connectivity index (χ3n) is 4.22. The first-order chi connectivity index (χ1) is 13.9. The Morgan fingerprint density at radius 2 is 1.76 bits per heavy atom. The summed E-state index contributed by atoms with van der Waals surface area (Å²) < 4.78 is 39.0. The van der Waals surface area contributed by atoms with E-state index in [1.165, 1.54) is 12.1 Å². The second-order valence-electron chi connectivity index (χ2n) is 6.51. The van der Waals surface area contributed by atoms with Crippen LogP contribution >= 0.6 is 0 Å². The summed E-state index contributed by atoms with van der Waals surface area (Å²) >= 11 is 0. The third kappa shape index (κ3) is 4.54. The number of carbonyl (C=O) groups is 1. The first kappa shape index (κ1) is 18.9. The number of benzene rings is 2. The lowest BCUT2D eigenvalue weighted by atomic mass is 10.1. The van der Waals surface area contributed by atoms with Crippen molar-refractivity contribution in [3.05, 3.63) is 59.5 Å². The zero-order valence-corrected chi connectivity index (χ0v) is 16.2. The summed E-state index contributed by atoms with van der Waals surface area (Å²) in [5, 5.41) is 10.3. The molecule has 2 heterocycles. The van der Waals surface area contributed by atoms with Gasteiger partial charge in [0.25, 0.3) is 0 Å². The number of fused-ring (bicyclic) bond motifs is 1. The smallest absolute Gasteiger partial charge is 0.322 e. The molecule has 0 radical (unpaired) electrons. The van der Waals surface area contributed by atoms with Gasteiger partial charge in [0.2, 0.25) is 18.6 Å². The van der Waals surface area contributed by atoms with Gasteiger partial charge >= 0.3 is 6.01 Å². The van der Waals surface area contributed by atoms with E-state index in [9.17, 15) is 13.2 Å². The van der Waals surface area contributed by atoms with Crippen LogP contribution in [0.2, 0.25) is 0 Å². The van der Waals surface area contributed by atoms with Crippen LogP contribution in [-0.2, 0) is 27.5 Å². The number of hydrogen-bond donors (Lipinski definition) is 1. The van der Waals surface area contributed by atoms with Gasteiger partial charge in [0.1, 0.15) is 0 Å². The van der Waals surface area contributed by atoms with Crippen molar-refractivity contribution in [2.75, 3.05) is 18.4 Å². The number of anilines is 1. The highest BCUT2D eigenvalue weighted by molar-refractivity contribution is 7.90. The Morgan fingerprint density at radius 1 is 1.03 bits per heavy atom. The number of ether oxygens (including phenoxy) is 2. The lowest BCUT2D eigenvalue weighted by molar-refractivity contribution is -0.115. The predicted octanol–water partition coefficient (Wildman–Crippen LogP) is 1.97. The van der Waals surface area contributed by atoms with Gasteiger partial charge in [-0.15, -0.1) is 5.10 Å². The van der Waals surface area contributed by atoms with E-state index in [2.05, 4.69) is 15.5 Å². The van der Waals surface area contributed by atoms with Crippen molar-refractivity contribution in [1.29, 1.82) is 0 Å². The lowest BCUT2D eigenvalue weighted by Crippen LogP contribution is -2.14. The van der Waals surface area contributed by atoms with Crippen LogP contribution in [-0.4, -0.2) is 37.6 Å². The molecule has 2 aromatic carbocycles. The number of sulfone groups is 1. The molecule has 3 aromatic rings. The molecule has 0 saturated carbocycles. The van der Waals surface area contributed by atoms with Crippen molar-refractivity contribution in [2.45, 2.75) is 17.7 Å². The Morgan fingerprint density at radius 3 is 2.52 bits per heavy atom. The predicted molar refractivity (Wildman–Crippen MR) is 102 cm³/mol. The number of carbonyl (C=O) groups excluding carboxylic acids is 1. The molecule has 0 fully saturated rings. The highest BCUT2D eigenvalue weighted by Crippen LogP contribution is 2.33. The van der Waals surface area contributed by atoms with E-state index in [1.54, 1.807) is 12.1 Å². The van der Waals surface area contributed by atoms with E-state index in [0.717, 1.165) is 11.8 Å². The molecule has 0 atom stereocenters. The average Bonchev–Trinajstić information content (AvgIpc) is 3.30. The van der Waals surface area contributed by atoms with E-state index in [0.29, 0.717) is 29.4 Å². The summed E-state index contributed by atoms with van der Waals surface area (Å²) in [7, 11) is -3.27. The van der Waals surface area contributed by atoms with E-state index >= 15 is 0 Å². The highest BCUT2D eigenvalue weighted by atomic mass is 32.2. The van der Waals surface area contributed by atoms with Crippen LogP contribution < -0.4 is 14.8 Å². The average molecular weight is 415 g/mol. The van der Waals surface area contributed by atoms with Crippen molar-refractivity contribution in [3.8, 4) is 11.5 Å². The van der Waals surface area contributed by atoms with Crippen molar-refractivity contribution in [2.24, 2.45) is 0 Å². The number of hydrogen-bond acceptors (Lipinski definition) is 8. The minimum Gasteiger partial charge on any atom is -0.454 e. The van der Waals surface area contributed by atoms with E-state index in [-0.39, 0.29) is 30.0 Å². The summed E-state index contributed by atoms with van der Waals surface area (Å²) in [5.41, 5.74) is 1.57. The number of amides is 1. The first-order valence-electron chi connectivity index (χ1n) is 8.66. The molecule has 4 rings (SSSR count). The fourth-order valence-corrected chi connectivity index (χ4v) is 3.43. The Bertz CT molecular complexity index is 1150. The number of aromatic nitrogens is 2. The summed E-state index contributed by atoms with van der Waals surface area (Å²) in [6, 6.07) is 11.6. The molecule has 1 aliphatic heterocycles. The SMILES string of the molecule is CS(=O)(=O)c1ccc(CC(=O)Nc2nnc(Cc3ccc4c(c3)OCO4)o2)cc1. The molecule has 0 unspecified atom stereocenters. The van der Waals surface area contributed by atoms with Crippen LogP contribution in [0.3, 0.4) is 0 Å². The molecule has 29 heavy (non-hydrogen) atoms. The van der Waals surface area contributed by atoms with Crippen molar-refractivity contribution < 1.29 is 27.1 Å². The van der Waals surface area contributed by atoms with E-state index in [4.69, 9.17) is 13.9 Å². The molecule has 0 aliphatic carbocycles. The van der Waals surface area contributed by atoms with Crippen LogP contribution in [0.1, 0.15) is 17.0 Å². The molecule has 1 amide bonds. The number of rotatable bonds is 6. The van der Waals surface area contributed by atoms with Gasteiger partial charge in [-0.1, -0.05) is 23.3 Å². The lowest BCUT2D eigenvalue weighted by Gasteiger charge is -2.03. The second kappa shape index (κ2) is 7.55. The summed E-state index contributed by atoms with van der Waals surface area (Å²) in [4.78, 5) is 12.4. The monoisotopic (exact) mass is 415 g/mol. The standard InChI is InChI=1S/C19H17N3O6S/c1-29(24,25)14-5-2-12(3-6-14)9-17(23)20-19-22-21-18(28-19)10-13-4-7-15-16(8-13)27-11-26-15/h2-8H,9-11H2,1H3,(H,20,22,23). The quantitative estimate of drug-likeness (QED) is 0.649. The summed E-state index contributed by atoms with van der Waals surface area (Å²) in [6.07, 6.45) is 1.56. The first-order valence-corrected chi connectivity index (χ1v) is 10.6. The van der Waals surface area contributed by atoms with Gasteiger partial charge in [-0.05, 0) is 35.4 Å². The van der Waals surface area contributed by atoms with Crippen LogP contribution in [0.5, 0.6) is 11.5 Å². The summed E-state index contributed by atoms with van der Waals surface area (Å²) in [5.74, 6) is 1.35. The molecule has 150 valence electrons. The number of nitrogens with one attached hydrogen (secondary N) is 1. The molecule has 1 aliphatic rings. The maximum absolute atomic E-state index is 12.2. The van der Waals surface area contributed by atoms with Gasteiger partial charge in [0.15, 0.2) is 21.3 Å². The maximum atomic E-state index is 12.2. The minimum absolute atomic E-state index is 0.00139. The zero-order valence-electron chi connectivity index (χ0n) is 15.4. The molecule has 0 spiro atoms. The summed E-state index contributed by atoms with van der Waals surface area (Å²) in [6.45, 7) is 0.201. The zero-order chi connectivity index (χ0) is 20.4. The van der Waals surface area contributed by atoms with Gasteiger partial charge in [-0.25, -0.2) is 8.42 Å².